The maximum atomic E-state index is 12.7. The average Bonchev–Trinajstić information content (AvgIpc) is 3.00. The second-order valence-electron chi connectivity index (χ2n) is 5.84. The van der Waals surface area contributed by atoms with Crippen LogP contribution < -0.4 is 9.54 Å². The van der Waals surface area contributed by atoms with Crippen molar-refractivity contribution in [2.75, 3.05) is 19.8 Å². The molecule has 0 unspecified atom stereocenters. The van der Waals surface area contributed by atoms with E-state index in [0.29, 0.717) is 41.2 Å². The molecule has 1 aromatic heterocycles. The number of hydrogen-bond acceptors (Lipinski definition) is 4. The summed E-state index contributed by atoms with van der Waals surface area (Å²) < 4.78 is 14.0. The molecule has 0 aliphatic heterocycles. The lowest BCUT2D eigenvalue weighted by Gasteiger charge is -2.07. The third-order valence-corrected chi connectivity index (χ3v) is 5.59. The van der Waals surface area contributed by atoms with E-state index in [4.69, 9.17) is 32.7 Å². The van der Waals surface area contributed by atoms with Crippen LogP contribution >= 0.6 is 34.5 Å². The van der Waals surface area contributed by atoms with Crippen LogP contribution in [0, 0.1) is 0 Å². The Bertz CT molecular complexity index is 1060. The van der Waals surface area contributed by atoms with Crippen molar-refractivity contribution in [2.45, 2.75) is 20.4 Å². The minimum Gasteiger partial charge on any atom is -0.494 e. The Kier molecular flexibility index (Phi) is 7.13. The van der Waals surface area contributed by atoms with E-state index in [2.05, 4.69) is 4.99 Å². The number of carbonyl (C=O) groups is 1. The van der Waals surface area contributed by atoms with Gasteiger partial charge in [-0.25, -0.2) is 0 Å². The highest BCUT2D eigenvalue weighted by molar-refractivity contribution is 7.16. The van der Waals surface area contributed by atoms with Crippen LogP contribution in [0.15, 0.2) is 41.4 Å². The monoisotopic (exact) mass is 438 g/mol. The Balaban J connectivity index is 2.08. The summed E-state index contributed by atoms with van der Waals surface area (Å²) in [7, 11) is 0. The lowest BCUT2D eigenvalue weighted by atomic mass is 10.2. The Labute approximate surface area is 177 Å². The molecule has 1 heterocycles. The largest absolute Gasteiger partial charge is 0.494 e. The van der Waals surface area contributed by atoms with Gasteiger partial charge in [-0.1, -0.05) is 34.5 Å². The molecular formula is C20H20Cl2N2O3S. The quantitative estimate of drug-likeness (QED) is 0.477. The minimum atomic E-state index is -0.436. The molecule has 3 rings (SSSR count). The number of halogens is 2. The number of amides is 1. The first kappa shape index (κ1) is 20.9. The number of rotatable bonds is 7. The molecule has 5 nitrogen and oxygen atoms in total. The molecule has 2 aromatic carbocycles. The van der Waals surface area contributed by atoms with Gasteiger partial charge in [-0.15, -0.1) is 0 Å². The van der Waals surface area contributed by atoms with Crippen molar-refractivity contribution in [3.8, 4) is 5.75 Å². The molecule has 0 saturated heterocycles. The summed E-state index contributed by atoms with van der Waals surface area (Å²) in [4.78, 5) is 17.6. The molecule has 28 heavy (non-hydrogen) atoms. The van der Waals surface area contributed by atoms with Gasteiger partial charge in [-0.2, -0.15) is 4.99 Å². The fraction of sp³-hybridized carbons (Fsp3) is 0.300. The van der Waals surface area contributed by atoms with E-state index in [1.807, 2.05) is 36.6 Å². The van der Waals surface area contributed by atoms with Gasteiger partial charge in [0.05, 0.1) is 34.0 Å². The highest BCUT2D eigenvalue weighted by Crippen LogP contribution is 2.24. The number of carbonyl (C=O) groups excluding carboxylic acids is 1. The number of fused-ring (bicyclic) bond motifs is 1. The Morgan fingerprint density at radius 2 is 1.96 bits per heavy atom. The second kappa shape index (κ2) is 9.56. The minimum absolute atomic E-state index is 0.276. The van der Waals surface area contributed by atoms with Crippen molar-refractivity contribution >= 4 is 50.7 Å². The second-order valence-corrected chi connectivity index (χ2v) is 7.69. The predicted molar refractivity (Wildman–Crippen MR) is 114 cm³/mol. The van der Waals surface area contributed by atoms with Crippen LogP contribution in [0.4, 0.5) is 0 Å². The van der Waals surface area contributed by atoms with E-state index in [0.717, 1.165) is 16.0 Å². The molecule has 0 atom stereocenters. The van der Waals surface area contributed by atoms with E-state index in [1.165, 1.54) is 17.4 Å². The maximum Gasteiger partial charge on any atom is 0.281 e. The summed E-state index contributed by atoms with van der Waals surface area (Å²) in [6.45, 7) is 6.20. The number of thiazole rings is 1. The molecule has 0 aliphatic rings. The van der Waals surface area contributed by atoms with Crippen molar-refractivity contribution in [2.24, 2.45) is 4.99 Å². The molecule has 0 N–H and O–H groups in total. The van der Waals surface area contributed by atoms with Crippen LogP contribution in [0.1, 0.15) is 24.2 Å². The first-order valence-electron chi connectivity index (χ1n) is 8.91. The van der Waals surface area contributed by atoms with Crippen LogP contribution in [0.2, 0.25) is 10.0 Å². The summed E-state index contributed by atoms with van der Waals surface area (Å²) in [5, 5.41) is 0.753. The van der Waals surface area contributed by atoms with Gasteiger partial charge in [-0.05, 0) is 50.2 Å². The number of hydrogen-bond donors (Lipinski definition) is 0. The number of ether oxygens (including phenoxy) is 2. The summed E-state index contributed by atoms with van der Waals surface area (Å²) in [6.07, 6.45) is 0. The van der Waals surface area contributed by atoms with Crippen LogP contribution in [0.5, 0.6) is 5.75 Å². The molecule has 0 radical (unpaired) electrons. The van der Waals surface area contributed by atoms with Crippen LogP contribution in [0.3, 0.4) is 0 Å². The lowest BCUT2D eigenvalue weighted by molar-refractivity contribution is 0.0997. The van der Waals surface area contributed by atoms with Gasteiger partial charge in [0, 0.05) is 18.2 Å². The van der Waals surface area contributed by atoms with Crippen molar-refractivity contribution < 1.29 is 14.3 Å². The van der Waals surface area contributed by atoms with Gasteiger partial charge >= 0.3 is 0 Å². The zero-order valence-corrected chi connectivity index (χ0v) is 17.9. The summed E-state index contributed by atoms with van der Waals surface area (Å²) in [5.41, 5.74) is 1.25. The number of aromatic nitrogens is 1. The topological polar surface area (TPSA) is 52.8 Å². The lowest BCUT2D eigenvalue weighted by Crippen LogP contribution is -2.19. The van der Waals surface area contributed by atoms with Crippen molar-refractivity contribution in [3.63, 3.8) is 0 Å². The summed E-state index contributed by atoms with van der Waals surface area (Å²) >= 11 is 13.6. The third kappa shape index (κ3) is 4.75. The smallest absolute Gasteiger partial charge is 0.281 e. The van der Waals surface area contributed by atoms with E-state index < -0.39 is 5.91 Å². The normalized spacial score (nSPS) is 11.9. The van der Waals surface area contributed by atoms with Gasteiger partial charge in [0.1, 0.15) is 5.75 Å². The molecule has 0 saturated carbocycles. The highest BCUT2D eigenvalue weighted by Gasteiger charge is 2.13. The molecule has 0 fully saturated rings. The van der Waals surface area contributed by atoms with Gasteiger partial charge in [0.2, 0.25) is 0 Å². The summed E-state index contributed by atoms with van der Waals surface area (Å²) in [6, 6.07) is 10.6. The van der Waals surface area contributed by atoms with E-state index in [1.54, 1.807) is 12.1 Å². The third-order valence-electron chi connectivity index (χ3n) is 3.98. The Hall–Kier alpha value is -1.86. The molecule has 8 heteroatoms. The fourth-order valence-electron chi connectivity index (χ4n) is 2.72. The highest BCUT2D eigenvalue weighted by atomic mass is 35.5. The van der Waals surface area contributed by atoms with Crippen LogP contribution in [-0.4, -0.2) is 30.3 Å². The molecular weight excluding hydrogens is 419 g/mol. The standard InChI is InChI=1S/C20H20Cl2N2O3S/c1-3-26-10-9-24-17-8-6-14(27-4-2)12-18(17)28-20(24)23-19(25)15-11-13(21)5-7-16(15)22/h5-8,11-12H,3-4,9-10H2,1-2H3. The van der Waals surface area contributed by atoms with Gasteiger partial charge in [0.25, 0.3) is 5.91 Å². The Morgan fingerprint density at radius 3 is 2.71 bits per heavy atom. The molecule has 148 valence electrons. The average molecular weight is 439 g/mol. The SMILES string of the molecule is CCOCCn1c(=NC(=O)c2cc(Cl)ccc2Cl)sc2cc(OCC)ccc21. The van der Waals surface area contributed by atoms with Gasteiger partial charge < -0.3 is 14.0 Å². The Morgan fingerprint density at radius 1 is 1.14 bits per heavy atom. The van der Waals surface area contributed by atoms with Gasteiger partial charge in [0.15, 0.2) is 4.80 Å². The van der Waals surface area contributed by atoms with E-state index in [-0.39, 0.29) is 5.56 Å². The van der Waals surface area contributed by atoms with Gasteiger partial charge in [-0.3, -0.25) is 4.79 Å². The molecule has 0 spiro atoms. The predicted octanol–water partition coefficient (Wildman–Crippen LogP) is 5.19. The number of nitrogens with zero attached hydrogens (tertiary/aromatic N) is 2. The zero-order chi connectivity index (χ0) is 20.1. The van der Waals surface area contributed by atoms with Crippen molar-refractivity contribution in [1.29, 1.82) is 0 Å². The molecule has 3 aromatic rings. The molecule has 1 amide bonds. The van der Waals surface area contributed by atoms with E-state index in [9.17, 15) is 4.79 Å². The van der Waals surface area contributed by atoms with Crippen molar-refractivity contribution in [1.82, 2.24) is 4.57 Å². The van der Waals surface area contributed by atoms with Crippen LogP contribution in [0.25, 0.3) is 10.2 Å². The number of benzene rings is 2. The maximum absolute atomic E-state index is 12.7. The van der Waals surface area contributed by atoms with Crippen LogP contribution in [-0.2, 0) is 11.3 Å². The molecule has 0 bridgehead atoms. The molecule has 0 aliphatic carbocycles. The first-order valence-corrected chi connectivity index (χ1v) is 10.5. The summed E-state index contributed by atoms with van der Waals surface area (Å²) in [5.74, 6) is 0.346. The van der Waals surface area contributed by atoms with E-state index >= 15 is 0 Å². The zero-order valence-electron chi connectivity index (χ0n) is 15.6. The fourth-order valence-corrected chi connectivity index (χ4v) is 4.17. The van der Waals surface area contributed by atoms with Crippen molar-refractivity contribution in [3.05, 3.63) is 56.8 Å². The first-order chi connectivity index (χ1) is 13.5.